The first-order valence-electron chi connectivity index (χ1n) is 11.4. The standard InChI is InChI=1S/C23H42N2O4/c1-2-3-4-5-6-7-8-9-10-11-12-13-14-15-16-17-18-22(27)25-20(23(28)29)19-21(24)26/h10-11,20H,2-9,12-19H2,1H3,(H2,24,26)(H,25,27)(H,28,29)/b11-10-/t20-/m0/s1. The van der Waals surface area contributed by atoms with E-state index < -0.39 is 17.9 Å². The Balaban J connectivity index is 3.48. The van der Waals surface area contributed by atoms with Gasteiger partial charge in [0.15, 0.2) is 0 Å². The van der Waals surface area contributed by atoms with Crippen molar-refractivity contribution in [3.05, 3.63) is 12.2 Å². The number of allylic oxidation sites excluding steroid dienone is 2. The van der Waals surface area contributed by atoms with Crippen LogP contribution in [0.25, 0.3) is 0 Å². The number of carboxylic acids is 1. The Bertz CT molecular complexity index is 477. The number of unbranched alkanes of at least 4 members (excludes halogenated alkanes) is 12. The molecule has 6 heteroatoms. The summed E-state index contributed by atoms with van der Waals surface area (Å²) in [5, 5.41) is 11.3. The lowest BCUT2D eigenvalue weighted by Gasteiger charge is -2.12. The number of primary amides is 1. The maximum absolute atomic E-state index is 11.8. The first-order valence-corrected chi connectivity index (χ1v) is 11.4. The van der Waals surface area contributed by atoms with E-state index in [0.717, 1.165) is 32.1 Å². The molecule has 1 atom stereocenters. The third-order valence-corrected chi connectivity index (χ3v) is 4.95. The zero-order chi connectivity index (χ0) is 21.7. The van der Waals surface area contributed by atoms with E-state index in [-0.39, 0.29) is 18.7 Å². The summed E-state index contributed by atoms with van der Waals surface area (Å²) in [6.07, 6.45) is 21.3. The van der Waals surface area contributed by atoms with Gasteiger partial charge in [-0.2, -0.15) is 0 Å². The summed E-state index contributed by atoms with van der Waals surface area (Å²) in [6, 6.07) is -1.23. The van der Waals surface area contributed by atoms with Gasteiger partial charge in [-0.3, -0.25) is 9.59 Å². The number of aliphatic carboxylic acids is 1. The minimum absolute atomic E-state index is 0.279. The van der Waals surface area contributed by atoms with Crippen molar-refractivity contribution in [1.29, 1.82) is 0 Å². The summed E-state index contributed by atoms with van der Waals surface area (Å²) in [5.41, 5.74) is 4.99. The SMILES string of the molecule is CCCCCCCCC/C=C\CCCCCCCC(=O)N[C@@H](CC(N)=O)C(=O)O. The molecular formula is C23H42N2O4. The summed E-state index contributed by atoms with van der Waals surface area (Å²) < 4.78 is 0. The molecule has 0 rings (SSSR count). The van der Waals surface area contributed by atoms with Gasteiger partial charge in [-0.25, -0.2) is 4.79 Å². The second-order valence-corrected chi connectivity index (χ2v) is 7.82. The largest absolute Gasteiger partial charge is 0.480 e. The van der Waals surface area contributed by atoms with E-state index in [9.17, 15) is 14.4 Å². The smallest absolute Gasteiger partial charge is 0.326 e. The average Bonchev–Trinajstić information content (AvgIpc) is 2.66. The number of amides is 2. The zero-order valence-corrected chi connectivity index (χ0v) is 18.3. The Kier molecular flexibility index (Phi) is 18.2. The van der Waals surface area contributed by atoms with Crippen LogP contribution in [0.15, 0.2) is 12.2 Å². The second kappa shape index (κ2) is 19.5. The Morgan fingerprint density at radius 2 is 1.31 bits per heavy atom. The molecule has 29 heavy (non-hydrogen) atoms. The third kappa shape index (κ3) is 19.2. The van der Waals surface area contributed by atoms with E-state index in [2.05, 4.69) is 24.4 Å². The quantitative estimate of drug-likeness (QED) is 0.197. The zero-order valence-electron chi connectivity index (χ0n) is 18.3. The Labute approximate surface area is 176 Å². The van der Waals surface area contributed by atoms with Crippen molar-refractivity contribution < 1.29 is 19.5 Å². The fraction of sp³-hybridized carbons (Fsp3) is 0.783. The van der Waals surface area contributed by atoms with E-state index in [1.165, 1.54) is 57.8 Å². The van der Waals surface area contributed by atoms with Crippen molar-refractivity contribution in [1.82, 2.24) is 5.32 Å². The molecular weight excluding hydrogens is 368 g/mol. The second-order valence-electron chi connectivity index (χ2n) is 7.82. The molecule has 0 aromatic carbocycles. The van der Waals surface area contributed by atoms with Crippen molar-refractivity contribution in [3.8, 4) is 0 Å². The fourth-order valence-electron chi connectivity index (χ4n) is 3.20. The molecule has 0 aliphatic rings. The molecule has 0 unspecified atom stereocenters. The van der Waals surface area contributed by atoms with E-state index >= 15 is 0 Å². The molecule has 0 radical (unpaired) electrons. The molecule has 0 aliphatic heterocycles. The topological polar surface area (TPSA) is 109 Å². The average molecular weight is 411 g/mol. The van der Waals surface area contributed by atoms with Crippen LogP contribution in [0.1, 0.15) is 110 Å². The highest BCUT2D eigenvalue weighted by atomic mass is 16.4. The summed E-state index contributed by atoms with van der Waals surface area (Å²) in [6.45, 7) is 2.25. The number of hydrogen-bond acceptors (Lipinski definition) is 3. The Hall–Kier alpha value is -1.85. The van der Waals surface area contributed by atoms with Crippen LogP contribution in [0.4, 0.5) is 0 Å². The van der Waals surface area contributed by atoms with Crippen molar-refractivity contribution in [3.63, 3.8) is 0 Å². The van der Waals surface area contributed by atoms with E-state index in [1.807, 2.05) is 0 Å². The fourth-order valence-corrected chi connectivity index (χ4v) is 3.20. The summed E-state index contributed by atoms with van der Waals surface area (Å²) in [4.78, 5) is 33.5. The molecule has 0 fully saturated rings. The van der Waals surface area contributed by atoms with Gasteiger partial charge in [0.25, 0.3) is 0 Å². The van der Waals surface area contributed by atoms with Gasteiger partial charge in [-0.15, -0.1) is 0 Å². The minimum atomic E-state index is -1.24. The summed E-state index contributed by atoms with van der Waals surface area (Å²) in [7, 11) is 0. The Morgan fingerprint density at radius 3 is 1.79 bits per heavy atom. The molecule has 168 valence electrons. The van der Waals surface area contributed by atoms with Gasteiger partial charge in [-0.05, 0) is 32.1 Å². The van der Waals surface area contributed by atoms with Crippen molar-refractivity contribution in [2.45, 2.75) is 116 Å². The summed E-state index contributed by atoms with van der Waals surface area (Å²) >= 11 is 0. The molecule has 0 bridgehead atoms. The first-order chi connectivity index (χ1) is 14.0. The van der Waals surface area contributed by atoms with Crippen LogP contribution in [-0.2, 0) is 14.4 Å². The molecule has 0 aromatic heterocycles. The van der Waals surface area contributed by atoms with Crippen LogP contribution in [0, 0.1) is 0 Å². The molecule has 0 saturated carbocycles. The van der Waals surface area contributed by atoms with Gasteiger partial charge in [0.1, 0.15) is 6.04 Å². The predicted octanol–water partition coefficient (Wildman–Crippen LogP) is 4.86. The predicted molar refractivity (Wildman–Crippen MR) is 117 cm³/mol. The molecule has 0 aliphatic carbocycles. The number of carboxylic acid groups (broad SMARTS) is 1. The van der Waals surface area contributed by atoms with Crippen molar-refractivity contribution >= 4 is 17.8 Å². The molecule has 2 amide bonds. The maximum Gasteiger partial charge on any atom is 0.326 e. The minimum Gasteiger partial charge on any atom is -0.480 e. The van der Waals surface area contributed by atoms with Gasteiger partial charge in [-0.1, -0.05) is 76.9 Å². The molecule has 0 spiro atoms. The number of hydrogen-bond donors (Lipinski definition) is 3. The van der Waals surface area contributed by atoms with Gasteiger partial charge in [0, 0.05) is 6.42 Å². The van der Waals surface area contributed by atoms with Crippen molar-refractivity contribution in [2.24, 2.45) is 5.73 Å². The lowest BCUT2D eigenvalue weighted by molar-refractivity contribution is -0.143. The highest BCUT2D eigenvalue weighted by Crippen LogP contribution is 2.10. The number of carbonyl (C=O) groups is 3. The molecule has 4 N–H and O–H groups in total. The maximum atomic E-state index is 11.8. The highest BCUT2D eigenvalue weighted by molar-refractivity contribution is 5.88. The monoisotopic (exact) mass is 410 g/mol. The van der Waals surface area contributed by atoms with Gasteiger partial charge >= 0.3 is 5.97 Å². The highest BCUT2D eigenvalue weighted by Gasteiger charge is 2.21. The number of nitrogens with one attached hydrogen (secondary N) is 1. The van der Waals surface area contributed by atoms with Crippen molar-refractivity contribution in [2.75, 3.05) is 0 Å². The molecule has 0 aromatic rings. The van der Waals surface area contributed by atoms with Crippen LogP contribution in [-0.4, -0.2) is 28.9 Å². The van der Waals surface area contributed by atoms with E-state index in [1.54, 1.807) is 0 Å². The van der Waals surface area contributed by atoms with Crippen LogP contribution in [0.3, 0.4) is 0 Å². The lowest BCUT2D eigenvalue weighted by Crippen LogP contribution is -2.43. The third-order valence-electron chi connectivity index (χ3n) is 4.95. The Morgan fingerprint density at radius 1 is 0.828 bits per heavy atom. The number of carbonyl (C=O) groups excluding carboxylic acids is 2. The number of rotatable bonds is 20. The van der Waals surface area contributed by atoms with Gasteiger partial charge < -0.3 is 16.2 Å². The molecule has 0 heterocycles. The van der Waals surface area contributed by atoms with E-state index in [0.29, 0.717) is 0 Å². The van der Waals surface area contributed by atoms with Crippen LogP contribution >= 0.6 is 0 Å². The normalized spacial score (nSPS) is 12.2. The van der Waals surface area contributed by atoms with Crippen LogP contribution < -0.4 is 11.1 Å². The lowest BCUT2D eigenvalue weighted by atomic mass is 10.1. The molecule has 6 nitrogen and oxygen atoms in total. The summed E-state index contributed by atoms with van der Waals surface area (Å²) in [5.74, 6) is -2.32. The van der Waals surface area contributed by atoms with Crippen LogP contribution in [0.5, 0.6) is 0 Å². The van der Waals surface area contributed by atoms with Gasteiger partial charge in [0.05, 0.1) is 6.42 Å². The first kappa shape index (κ1) is 27.1. The molecule has 0 saturated heterocycles. The van der Waals surface area contributed by atoms with Gasteiger partial charge in [0.2, 0.25) is 11.8 Å². The van der Waals surface area contributed by atoms with Crippen LogP contribution in [0.2, 0.25) is 0 Å². The van der Waals surface area contributed by atoms with E-state index in [4.69, 9.17) is 10.8 Å². The number of nitrogens with two attached hydrogens (primary N) is 1.